The van der Waals surface area contributed by atoms with Crippen LogP contribution in [0.5, 0.6) is 0 Å². The van der Waals surface area contributed by atoms with Crippen LogP contribution in [-0.4, -0.2) is 50.1 Å². The number of nitrogens with one attached hydrogen (secondary N) is 2. The highest BCUT2D eigenvalue weighted by atomic mass is 32.2. The number of nitrogen functional groups attached to an aromatic ring is 1. The Kier molecular flexibility index (Phi) is 6.16. The molecule has 5 N–H and O–H groups in total. The number of amidine groups is 1. The highest BCUT2D eigenvalue weighted by molar-refractivity contribution is 8.14. The van der Waals surface area contributed by atoms with Crippen molar-refractivity contribution in [3.63, 3.8) is 0 Å². The Morgan fingerprint density at radius 3 is 2.52 bits per heavy atom. The molecule has 25 heavy (non-hydrogen) atoms. The predicted molar refractivity (Wildman–Crippen MR) is 97.5 cm³/mol. The fourth-order valence-corrected chi connectivity index (χ4v) is 3.84. The predicted octanol–water partition coefficient (Wildman–Crippen LogP) is -0.0811. The van der Waals surface area contributed by atoms with E-state index in [-0.39, 0.29) is 18.3 Å². The molecule has 1 aromatic carbocycles. The molecule has 1 heterocycles. The number of nitrogens with two attached hydrogens (primary N) is 1. The molecule has 1 aromatic rings. The normalized spacial score (nSPS) is 20.2. The van der Waals surface area contributed by atoms with Gasteiger partial charge in [-0.1, -0.05) is 23.9 Å². The molecule has 0 unspecified atom stereocenters. The molecular weight excluding hydrogens is 390 g/mol. The van der Waals surface area contributed by atoms with Crippen LogP contribution in [0.4, 0.5) is 5.69 Å². The Balaban J connectivity index is 2.13. The van der Waals surface area contributed by atoms with Gasteiger partial charge in [0.05, 0.1) is 12.0 Å². The Morgan fingerprint density at radius 1 is 1.32 bits per heavy atom. The lowest BCUT2D eigenvalue weighted by Crippen LogP contribution is -2.37. The molecule has 0 spiro atoms. The molecule has 1 aliphatic rings. The number of hydrogen-bond acceptors (Lipinski definition) is 8. The first-order chi connectivity index (χ1) is 11.5. The molecule has 1 aliphatic heterocycles. The average molecular weight is 410 g/mol. The van der Waals surface area contributed by atoms with Crippen LogP contribution in [-0.2, 0) is 20.1 Å². The maximum Gasteiger partial charge on any atom is 0.264 e. The van der Waals surface area contributed by atoms with E-state index >= 15 is 0 Å². The van der Waals surface area contributed by atoms with Crippen LogP contribution >= 0.6 is 11.8 Å². The molecule has 0 aliphatic carbocycles. The molecule has 0 amide bonds. The Bertz CT molecular complexity index is 838. The lowest BCUT2D eigenvalue weighted by Gasteiger charge is -2.18. The third-order valence-electron chi connectivity index (χ3n) is 3.06. The smallest absolute Gasteiger partial charge is 0.264 e. The number of benzene rings is 1. The first-order valence-corrected chi connectivity index (χ1v) is 11.5. The molecule has 10 nitrogen and oxygen atoms in total. The minimum absolute atomic E-state index is 0.138. The van der Waals surface area contributed by atoms with Crippen molar-refractivity contribution in [1.82, 2.24) is 15.3 Å². The first-order valence-electron chi connectivity index (χ1n) is 7.09. The van der Waals surface area contributed by atoms with Crippen LogP contribution in [0.2, 0.25) is 0 Å². The molecule has 0 saturated carbocycles. The van der Waals surface area contributed by atoms with Gasteiger partial charge in [-0.05, 0) is 24.1 Å². The third-order valence-corrected chi connectivity index (χ3v) is 5.42. The molecule has 0 aromatic heterocycles. The van der Waals surface area contributed by atoms with Crippen molar-refractivity contribution in [2.75, 3.05) is 24.3 Å². The van der Waals surface area contributed by atoms with E-state index in [4.69, 9.17) is 10.3 Å². The van der Waals surface area contributed by atoms with E-state index in [1.54, 1.807) is 12.1 Å². The second-order valence-corrected chi connectivity index (χ2v) is 9.71. The summed E-state index contributed by atoms with van der Waals surface area (Å²) in [6.45, 7) is 0.211. The van der Waals surface area contributed by atoms with Gasteiger partial charge in [-0.15, -0.1) is 5.10 Å². The number of sulfonamides is 1. The summed E-state index contributed by atoms with van der Waals surface area (Å²) in [4.78, 5) is 2.05. The maximum absolute atomic E-state index is 11.2. The zero-order valence-electron chi connectivity index (χ0n) is 13.3. The minimum Gasteiger partial charge on any atom is -0.399 e. The standard InChI is InChI=1S/C12H19N5O5S3/c1-24(18,19)16-14-12-17(7-2-8-25(20,21)22)15-11(23-12)9-3-5-10(13)6-4-9/h3-6,11,15-16H,2,7-8,13H2,1H3,(H,20,21,22)/b14-12-/t11-/m0/s1. The summed E-state index contributed by atoms with van der Waals surface area (Å²) in [5, 5.41) is 5.48. The largest absolute Gasteiger partial charge is 0.399 e. The number of thioether (sulfide) groups is 1. The molecule has 0 bridgehead atoms. The van der Waals surface area contributed by atoms with E-state index in [9.17, 15) is 16.8 Å². The zero-order chi connectivity index (χ0) is 18.7. The number of hydrazine groups is 1. The summed E-state index contributed by atoms with van der Waals surface area (Å²) >= 11 is 1.26. The van der Waals surface area contributed by atoms with Crippen LogP contribution in [0.25, 0.3) is 0 Å². The van der Waals surface area contributed by atoms with Gasteiger partial charge in [0.25, 0.3) is 10.1 Å². The zero-order valence-corrected chi connectivity index (χ0v) is 15.7. The van der Waals surface area contributed by atoms with Gasteiger partial charge in [0.1, 0.15) is 5.37 Å². The minimum atomic E-state index is -4.07. The molecule has 13 heteroatoms. The van der Waals surface area contributed by atoms with Gasteiger partial charge in [-0.25, -0.2) is 18.7 Å². The van der Waals surface area contributed by atoms with Crippen LogP contribution in [0.15, 0.2) is 29.4 Å². The van der Waals surface area contributed by atoms with Gasteiger partial charge in [0, 0.05) is 12.2 Å². The van der Waals surface area contributed by atoms with Crippen LogP contribution < -0.4 is 16.0 Å². The Labute approximate surface area is 150 Å². The van der Waals surface area contributed by atoms with Crippen LogP contribution in [0.3, 0.4) is 0 Å². The first kappa shape index (κ1) is 19.8. The van der Waals surface area contributed by atoms with Crippen molar-refractivity contribution in [2.45, 2.75) is 11.8 Å². The quantitative estimate of drug-likeness (QED) is 0.275. The maximum atomic E-state index is 11.2. The number of hydrazone groups is 1. The van der Waals surface area contributed by atoms with E-state index < -0.39 is 25.9 Å². The molecule has 1 atom stereocenters. The van der Waals surface area contributed by atoms with E-state index in [2.05, 4.69) is 15.4 Å². The van der Waals surface area contributed by atoms with Gasteiger partial charge in [-0.3, -0.25) is 9.56 Å². The Morgan fingerprint density at radius 2 is 1.96 bits per heavy atom. The van der Waals surface area contributed by atoms with Gasteiger partial charge < -0.3 is 5.73 Å². The summed E-state index contributed by atoms with van der Waals surface area (Å²) in [5.74, 6) is -0.408. The fraction of sp³-hybridized carbons (Fsp3) is 0.417. The monoisotopic (exact) mass is 409 g/mol. The second kappa shape index (κ2) is 7.78. The average Bonchev–Trinajstić information content (AvgIpc) is 2.87. The summed E-state index contributed by atoms with van der Waals surface area (Å²) in [6, 6.07) is 7.13. The summed E-state index contributed by atoms with van der Waals surface area (Å²) in [7, 11) is -7.59. The third kappa shape index (κ3) is 6.70. The molecule has 0 radical (unpaired) electrons. The highest BCUT2D eigenvalue weighted by Crippen LogP contribution is 2.34. The topological polar surface area (TPSA) is 154 Å². The van der Waals surface area contributed by atoms with Crippen molar-refractivity contribution in [3.05, 3.63) is 29.8 Å². The second-order valence-electron chi connectivity index (χ2n) is 5.34. The highest BCUT2D eigenvalue weighted by Gasteiger charge is 2.30. The van der Waals surface area contributed by atoms with Crippen molar-refractivity contribution in [1.29, 1.82) is 0 Å². The van der Waals surface area contributed by atoms with Crippen molar-refractivity contribution >= 4 is 42.8 Å². The van der Waals surface area contributed by atoms with Gasteiger partial charge in [0.2, 0.25) is 10.0 Å². The number of nitrogens with zero attached hydrogens (tertiary/aromatic N) is 2. The van der Waals surface area contributed by atoms with E-state index in [0.29, 0.717) is 10.9 Å². The number of anilines is 1. The number of rotatable bonds is 7. The Hall–Kier alpha value is -1.54. The van der Waals surface area contributed by atoms with Crippen LogP contribution in [0, 0.1) is 0 Å². The van der Waals surface area contributed by atoms with E-state index in [1.807, 2.05) is 12.1 Å². The van der Waals surface area contributed by atoms with E-state index in [1.165, 1.54) is 16.8 Å². The summed E-state index contributed by atoms with van der Waals surface area (Å²) in [5.41, 5.74) is 10.3. The van der Waals surface area contributed by atoms with Crippen molar-refractivity contribution in [3.8, 4) is 0 Å². The number of hydrogen-bond donors (Lipinski definition) is 4. The summed E-state index contributed by atoms with van der Waals surface area (Å²) < 4.78 is 53.0. The molecule has 140 valence electrons. The summed E-state index contributed by atoms with van der Waals surface area (Å²) in [6.07, 6.45) is 1.11. The molecule has 1 fully saturated rings. The molecule has 2 rings (SSSR count). The molecule has 1 saturated heterocycles. The lowest BCUT2D eigenvalue weighted by molar-refractivity contribution is 0.316. The fourth-order valence-electron chi connectivity index (χ4n) is 1.98. The molecular formula is C12H19N5O5S3. The van der Waals surface area contributed by atoms with Gasteiger partial charge in [-0.2, -0.15) is 8.42 Å². The SMILES string of the molecule is CS(=O)(=O)N/N=C1\S[C@@H](c2ccc(N)cc2)NN1CCCS(=O)(=O)O. The van der Waals surface area contributed by atoms with Crippen molar-refractivity contribution < 1.29 is 21.4 Å². The van der Waals surface area contributed by atoms with Gasteiger partial charge >= 0.3 is 0 Å². The van der Waals surface area contributed by atoms with Crippen LogP contribution in [0.1, 0.15) is 17.4 Å². The van der Waals surface area contributed by atoms with Gasteiger partial charge in [0.15, 0.2) is 5.17 Å². The van der Waals surface area contributed by atoms with E-state index in [0.717, 1.165) is 11.8 Å². The van der Waals surface area contributed by atoms with Crippen molar-refractivity contribution in [2.24, 2.45) is 5.10 Å². The lowest BCUT2D eigenvalue weighted by atomic mass is 10.2.